The number of hydrogen-bond donors (Lipinski definition) is 0. The van der Waals surface area contributed by atoms with Crippen LogP contribution in [0.2, 0.25) is 0 Å². The van der Waals surface area contributed by atoms with Gasteiger partial charge in [0.1, 0.15) is 12.1 Å². The lowest BCUT2D eigenvalue weighted by Crippen LogP contribution is -2.48. The number of methoxy groups -OCH3 is 1. The number of carbonyl (C=O) groups is 1. The number of benzene rings is 1. The standard InChI is InChI=1S/C14H16N2O4S/c1-20-14(17)12-7-4-5-9-16(12)21(18,19)13-8-3-2-6-11(13)10-15/h2-3,6,8,12H,4-5,7,9H2,1H3. The molecule has 1 aliphatic heterocycles. The van der Waals surface area contributed by atoms with Crippen molar-refractivity contribution < 1.29 is 17.9 Å². The third-order valence-electron chi connectivity index (χ3n) is 3.52. The molecule has 112 valence electrons. The third-order valence-corrected chi connectivity index (χ3v) is 5.49. The van der Waals surface area contributed by atoms with E-state index in [0.29, 0.717) is 12.8 Å². The first-order chi connectivity index (χ1) is 10.0. The molecule has 0 amide bonds. The van der Waals surface area contributed by atoms with Crippen LogP contribution in [-0.4, -0.2) is 38.4 Å². The highest BCUT2D eigenvalue weighted by Crippen LogP contribution is 2.27. The molecule has 1 fully saturated rings. The summed E-state index contributed by atoms with van der Waals surface area (Å²) in [6.07, 6.45) is 1.88. The van der Waals surface area contributed by atoms with Gasteiger partial charge in [-0.05, 0) is 31.4 Å². The zero-order valence-corrected chi connectivity index (χ0v) is 12.5. The Labute approximate surface area is 124 Å². The zero-order chi connectivity index (χ0) is 15.5. The number of piperidine rings is 1. The maximum absolute atomic E-state index is 12.8. The number of rotatable bonds is 3. The number of carbonyl (C=O) groups excluding carboxylic acids is 1. The van der Waals surface area contributed by atoms with Crippen molar-refractivity contribution in [3.8, 4) is 6.07 Å². The molecule has 1 saturated heterocycles. The predicted molar refractivity (Wildman–Crippen MR) is 74.7 cm³/mol. The van der Waals surface area contributed by atoms with Crippen LogP contribution in [0.25, 0.3) is 0 Å². The summed E-state index contributed by atoms with van der Waals surface area (Å²) in [4.78, 5) is 11.7. The Morgan fingerprint density at radius 1 is 1.38 bits per heavy atom. The van der Waals surface area contributed by atoms with E-state index >= 15 is 0 Å². The Kier molecular flexibility index (Phi) is 4.60. The molecule has 0 bridgehead atoms. The quantitative estimate of drug-likeness (QED) is 0.785. The highest BCUT2D eigenvalue weighted by Gasteiger charge is 2.39. The normalized spacial score (nSPS) is 19.7. The van der Waals surface area contributed by atoms with Crippen LogP contribution in [0.15, 0.2) is 29.2 Å². The molecule has 21 heavy (non-hydrogen) atoms. The number of esters is 1. The van der Waals surface area contributed by atoms with Gasteiger partial charge in [-0.25, -0.2) is 8.42 Å². The summed E-state index contributed by atoms with van der Waals surface area (Å²) < 4.78 is 31.4. The van der Waals surface area contributed by atoms with E-state index < -0.39 is 22.0 Å². The Hall–Kier alpha value is -1.91. The van der Waals surface area contributed by atoms with Crippen LogP contribution in [-0.2, 0) is 19.6 Å². The average Bonchev–Trinajstić information content (AvgIpc) is 2.54. The van der Waals surface area contributed by atoms with Crippen molar-refractivity contribution in [1.29, 1.82) is 5.26 Å². The van der Waals surface area contributed by atoms with E-state index in [1.54, 1.807) is 12.1 Å². The van der Waals surface area contributed by atoms with Gasteiger partial charge in [0.25, 0.3) is 0 Å². The maximum Gasteiger partial charge on any atom is 0.324 e. The van der Waals surface area contributed by atoms with E-state index in [1.165, 1.54) is 19.2 Å². The summed E-state index contributed by atoms with van der Waals surface area (Å²) in [5, 5.41) is 9.08. The summed E-state index contributed by atoms with van der Waals surface area (Å²) in [7, 11) is -2.66. The fraction of sp³-hybridized carbons (Fsp3) is 0.429. The molecular formula is C14H16N2O4S. The lowest BCUT2D eigenvalue weighted by atomic mass is 10.1. The molecule has 0 spiro atoms. The molecule has 0 saturated carbocycles. The van der Waals surface area contributed by atoms with Gasteiger partial charge in [0.15, 0.2) is 0 Å². The second kappa shape index (κ2) is 6.24. The van der Waals surface area contributed by atoms with Gasteiger partial charge in [-0.1, -0.05) is 12.1 Å². The van der Waals surface area contributed by atoms with Crippen molar-refractivity contribution in [2.75, 3.05) is 13.7 Å². The molecule has 0 aromatic heterocycles. The van der Waals surface area contributed by atoms with Crippen LogP contribution >= 0.6 is 0 Å². The summed E-state index contributed by atoms with van der Waals surface area (Å²) in [6.45, 7) is 0.252. The van der Waals surface area contributed by atoms with Gasteiger partial charge in [0.05, 0.1) is 17.6 Å². The molecule has 0 N–H and O–H groups in total. The van der Waals surface area contributed by atoms with Gasteiger partial charge in [0.2, 0.25) is 10.0 Å². The second-order valence-corrected chi connectivity index (χ2v) is 6.62. The summed E-state index contributed by atoms with van der Waals surface area (Å²) in [5.41, 5.74) is 0.0756. The van der Waals surface area contributed by atoms with E-state index in [2.05, 4.69) is 0 Å². The third kappa shape index (κ3) is 2.91. The molecule has 1 atom stereocenters. The minimum Gasteiger partial charge on any atom is -0.468 e. The fourth-order valence-corrected chi connectivity index (χ4v) is 4.27. The molecule has 1 aromatic carbocycles. The van der Waals surface area contributed by atoms with Crippen LogP contribution in [0.5, 0.6) is 0 Å². The van der Waals surface area contributed by atoms with Gasteiger partial charge in [-0.3, -0.25) is 4.79 Å². The Bertz CT molecular complexity index is 678. The molecule has 1 aromatic rings. The lowest BCUT2D eigenvalue weighted by Gasteiger charge is -2.32. The predicted octanol–water partition coefficient (Wildman–Crippen LogP) is 1.27. The van der Waals surface area contributed by atoms with Crippen LogP contribution in [0, 0.1) is 11.3 Å². The number of ether oxygens (including phenoxy) is 1. The van der Waals surface area contributed by atoms with Gasteiger partial charge < -0.3 is 4.74 Å². The first kappa shape index (κ1) is 15.5. The molecule has 7 heteroatoms. The molecular weight excluding hydrogens is 292 g/mol. The Morgan fingerprint density at radius 2 is 2.10 bits per heavy atom. The first-order valence-electron chi connectivity index (χ1n) is 6.61. The smallest absolute Gasteiger partial charge is 0.324 e. The summed E-state index contributed by atoms with van der Waals surface area (Å²) in [5.74, 6) is -0.562. The van der Waals surface area contributed by atoms with E-state index in [-0.39, 0.29) is 17.0 Å². The van der Waals surface area contributed by atoms with Crippen molar-refractivity contribution in [1.82, 2.24) is 4.31 Å². The van der Waals surface area contributed by atoms with Crippen molar-refractivity contribution in [2.45, 2.75) is 30.2 Å². The molecule has 6 nitrogen and oxygen atoms in total. The number of hydrogen-bond acceptors (Lipinski definition) is 5. The van der Waals surface area contributed by atoms with Crippen LogP contribution in [0.1, 0.15) is 24.8 Å². The second-order valence-electron chi connectivity index (χ2n) is 4.76. The Morgan fingerprint density at radius 3 is 2.76 bits per heavy atom. The van der Waals surface area contributed by atoms with Gasteiger partial charge >= 0.3 is 5.97 Å². The highest BCUT2D eigenvalue weighted by atomic mass is 32.2. The van der Waals surface area contributed by atoms with Gasteiger partial charge in [-0.15, -0.1) is 0 Å². The molecule has 1 aliphatic rings. The van der Waals surface area contributed by atoms with Crippen molar-refractivity contribution in [2.24, 2.45) is 0 Å². The number of nitrogens with zero attached hydrogens (tertiary/aromatic N) is 2. The fourth-order valence-electron chi connectivity index (χ4n) is 2.47. The van der Waals surface area contributed by atoms with Crippen LogP contribution in [0.3, 0.4) is 0 Å². The largest absolute Gasteiger partial charge is 0.468 e. The Balaban J connectivity index is 2.46. The molecule has 0 radical (unpaired) electrons. The van der Waals surface area contributed by atoms with Crippen molar-refractivity contribution in [3.63, 3.8) is 0 Å². The molecule has 2 rings (SSSR count). The summed E-state index contributed by atoms with van der Waals surface area (Å²) in [6, 6.07) is 7.06. The molecule has 1 unspecified atom stereocenters. The van der Waals surface area contributed by atoms with E-state index in [0.717, 1.165) is 10.7 Å². The highest BCUT2D eigenvalue weighted by molar-refractivity contribution is 7.89. The summed E-state index contributed by atoms with van der Waals surface area (Å²) >= 11 is 0. The maximum atomic E-state index is 12.8. The first-order valence-corrected chi connectivity index (χ1v) is 8.05. The van der Waals surface area contributed by atoms with Gasteiger partial charge in [0, 0.05) is 6.54 Å². The molecule has 0 aliphatic carbocycles. The molecule has 1 heterocycles. The number of nitriles is 1. The van der Waals surface area contributed by atoms with E-state index in [1.807, 2.05) is 6.07 Å². The van der Waals surface area contributed by atoms with Crippen LogP contribution in [0.4, 0.5) is 0 Å². The number of sulfonamides is 1. The van der Waals surface area contributed by atoms with Gasteiger partial charge in [-0.2, -0.15) is 9.57 Å². The van der Waals surface area contributed by atoms with E-state index in [9.17, 15) is 13.2 Å². The lowest BCUT2D eigenvalue weighted by molar-refractivity contribution is -0.146. The monoisotopic (exact) mass is 308 g/mol. The SMILES string of the molecule is COC(=O)C1CCCCN1S(=O)(=O)c1ccccc1C#N. The van der Waals surface area contributed by atoms with Crippen LogP contribution < -0.4 is 0 Å². The van der Waals surface area contributed by atoms with E-state index in [4.69, 9.17) is 10.00 Å². The topological polar surface area (TPSA) is 87.5 Å². The minimum absolute atomic E-state index is 0.0664. The minimum atomic E-state index is -3.90. The van der Waals surface area contributed by atoms with Crippen molar-refractivity contribution in [3.05, 3.63) is 29.8 Å². The van der Waals surface area contributed by atoms with Crippen molar-refractivity contribution >= 4 is 16.0 Å². The zero-order valence-electron chi connectivity index (χ0n) is 11.7. The average molecular weight is 308 g/mol.